The molecule has 1 aromatic heterocycles. The van der Waals surface area contributed by atoms with Crippen molar-refractivity contribution in [3.63, 3.8) is 0 Å². The maximum Gasteiger partial charge on any atom is 0.227 e. The molecule has 1 heterocycles. The fraction of sp³-hybridized carbons (Fsp3) is 0.182. The summed E-state index contributed by atoms with van der Waals surface area (Å²) >= 11 is 11.5. The lowest BCUT2D eigenvalue weighted by atomic mass is 10.1. The van der Waals surface area contributed by atoms with Gasteiger partial charge in [-0.05, 0) is 53.9 Å². The number of benzene rings is 1. The van der Waals surface area contributed by atoms with Crippen LogP contribution < -0.4 is 4.74 Å². The first-order valence-corrected chi connectivity index (χ1v) is 5.58. The summed E-state index contributed by atoms with van der Waals surface area (Å²) < 4.78 is 5.13. The van der Waals surface area contributed by atoms with E-state index in [0.29, 0.717) is 5.82 Å². The summed E-state index contributed by atoms with van der Waals surface area (Å²) in [4.78, 5) is 11.8. The second-order valence-electron chi connectivity index (χ2n) is 3.38. The SMILES string of the molecule is COc1ccc(-c2nc(Cl)nc(Cl)n2)c(C)c1. The third-order valence-corrected chi connectivity index (χ3v) is 2.59. The molecule has 0 unspecified atom stereocenters. The molecule has 0 saturated heterocycles. The zero-order valence-corrected chi connectivity index (χ0v) is 10.7. The lowest BCUT2D eigenvalue weighted by Gasteiger charge is -2.07. The molecule has 0 aliphatic rings. The molecule has 0 bridgehead atoms. The van der Waals surface area contributed by atoms with Gasteiger partial charge in [0.2, 0.25) is 10.6 Å². The third-order valence-electron chi connectivity index (χ3n) is 2.26. The monoisotopic (exact) mass is 269 g/mol. The summed E-state index contributed by atoms with van der Waals surface area (Å²) in [7, 11) is 1.62. The van der Waals surface area contributed by atoms with E-state index in [1.807, 2.05) is 25.1 Å². The number of halogens is 2. The molecule has 0 radical (unpaired) electrons. The minimum Gasteiger partial charge on any atom is -0.497 e. The number of ether oxygens (including phenoxy) is 1. The zero-order valence-electron chi connectivity index (χ0n) is 9.24. The Balaban J connectivity index is 2.52. The number of methoxy groups -OCH3 is 1. The fourth-order valence-corrected chi connectivity index (χ4v) is 1.82. The van der Waals surface area contributed by atoms with Gasteiger partial charge in [-0.1, -0.05) is 0 Å². The molecule has 0 aliphatic heterocycles. The number of hydrogen-bond acceptors (Lipinski definition) is 4. The second-order valence-corrected chi connectivity index (χ2v) is 4.05. The molecule has 0 fully saturated rings. The highest BCUT2D eigenvalue weighted by Crippen LogP contribution is 2.25. The Bertz CT molecular complexity index is 540. The summed E-state index contributed by atoms with van der Waals surface area (Å²) in [6, 6.07) is 5.57. The molecule has 2 aromatic rings. The normalized spacial score (nSPS) is 10.4. The molecule has 88 valence electrons. The van der Waals surface area contributed by atoms with Crippen LogP contribution in [0.1, 0.15) is 5.56 Å². The maximum absolute atomic E-state index is 5.74. The first-order chi connectivity index (χ1) is 8.10. The van der Waals surface area contributed by atoms with Gasteiger partial charge in [0.15, 0.2) is 5.82 Å². The van der Waals surface area contributed by atoms with Crippen LogP contribution in [0, 0.1) is 6.92 Å². The van der Waals surface area contributed by atoms with Crippen LogP contribution in [0.3, 0.4) is 0 Å². The van der Waals surface area contributed by atoms with E-state index in [1.54, 1.807) is 7.11 Å². The van der Waals surface area contributed by atoms with Gasteiger partial charge in [-0.25, -0.2) is 0 Å². The average Bonchev–Trinajstić information content (AvgIpc) is 2.27. The minimum atomic E-state index is 0.0789. The largest absolute Gasteiger partial charge is 0.497 e. The number of aromatic nitrogens is 3. The molecule has 0 aliphatic carbocycles. The van der Waals surface area contributed by atoms with Gasteiger partial charge in [-0.2, -0.15) is 15.0 Å². The van der Waals surface area contributed by atoms with Crippen molar-refractivity contribution in [2.75, 3.05) is 7.11 Å². The van der Waals surface area contributed by atoms with Crippen LogP contribution in [0.4, 0.5) is 0 Å². The van der Waals surface area contributed by atoms with Crippen LogP contribution in [0.5, 0.6) is 5.75 Å². The predicted octanol–water partition coefficient (Wildman–Crippen LogP) is 3.16. The first-order valence-electron chi connectivity index (χ1n) is 4.82. The van der Waals surface area contributed by atoms with Gasteiger partial charge >= 0.3 is 0 Å². The molecule has 0 spiro atoms. The molecular weight excluding hydrogens is 261 g/mol. The molecule has 6 heteroatoms. The summed E-state index contributed by atoms with van der Waals surface area (Å²) in [6.45, 7) is 1.93. The van der Waals surface area contributed by atoms with Crippen molar-refractivity contribution in [3.8, 4) is 17.1 Å². The molecule has 1 aromatic carbocycles. The standard InChI is InChI=1S/C11H9Cl2N3O/c1-6-5-7(17-2)3-4-8(6)9-14-10(12)16-11(13)15-9/h3-5H,1-2H3. The van der Waals surface area contributed by atoms with E-state index in [0.717, 1.165) is 16.9 Å². The van der Waals surface area contributed by atoms with E-state index in [2.05, 4.69) is 15.0 Å². The Labute approximate surface area is 109 Å². The smallest absolute Gasteiger partial charge is 0.227 e. The Morgan fingerprint density at radius 3 is 2.24 bits per heavy atom. The van der Waals surface area contributed by atoms with Gasteiger partial charge in [0.1, 0.15) is 5.75 Å². The molecule has 2 rings (SSSR count). The Morgan fingerprint density at radius 1 is 1.06 bits per heavy atom. The van der Waals surface area contributed by atoms with E-state index in [4.69, 9.17) is 27.9 Å². The van der Waals surface area contributed by atoms with Crippen molar-refractivity contribution < 1.29 is 4.74 Å². The van der Waals surface area contributed by atoms with E-state index in [-0.39, 0.29) is 10.6 Å². The highest BCUT2D eigenvalue weighted by molar-refractivity contribution is 6.31. The van der Waals surface area contributed by atoms with Crippen LogP contribution in [0.25, 0.3) is 11.4 Å². The Kier molecular flexibility index (Phi) is 3.45. The quantitative estimate of drug-likeness (QED) is 0.840. The topological polar surface area (TPSA) is 47.9 Å². The molecule has 4 nitrogen and oxygen atoms in total. The van der Waals surface area contributed by atoms with E-state index in [1.165, 1.54) is 0 Å². The van der Waals surface area contributed by atoms with E-state index < -0.39 is 0 Å². The Hall–Kier alpha value is -1.39. The van der Waals surface area contributed by atoms with Crippen LogP contribution in [0.15, 0.2) is 18.2 Å². The van der Waals surface area contributed by atoms with Gasteiger partial charge in [-0.3, -0.25) is 0 Å². The Morgan fingerprint density at radius 2 is 1.71 bits per heavy atom. The summed E-state index contributed by atoms with van der Waals surface area (Å²) in [6.07, 6.45) is 0. The van der Waals surface area contributed by atoms with Crippen LogP contribution >= 0.6 is 23.2 Å². The van der Waals surface area contributed by atoms with E-state index in [9.17, 15) is 0 Å². The number of nitrogens with zero attached hydrogens (tertiary/aromatic N) is 3. The lowest BCUT2D eigenvalue weighted by molar-refractivity contribution is 0.414. The zero-order chi connectivity index (χ0) is 12.4. The van der Waals surface area contributed by atoms with Gasteiger partial charge in [-0.15, -0.1) is 0 Å². The average molecular weight is 270 g/mol. The predicted molar refractivity (Wildman–Crippen MR) is 66.6 cm³/mol. The molecule has 17 heavy (non-hydrogen) atoms. The van der Waals surface area contributed by atoms with Gasteiger partial charge in [0.25, 0.3) is 0 Å². The molecule has 0 saturated carbocycles. The van der Waals surface area contributed by atoms with Crippen LogP contribution in [-0.4, -0.2) is 22.1 Å². The van der Waals surface area contributed by atoms with Crippen molar-refractivity contribution in [2.45, 2.75) is 6.92 Å². The third kappa shape index (κ3) is 2.65. The molecule has 0 atom stereocenters. The van der Waals surface area contributed by atoms with Crippen molar-refractivity contribution >= 4 is 23.2 Å². The first kappa shape index (κ1) is 12.1. The van der Waals surface area contributed by atoms with Gasteiger partial charge in [0.05, 0.1) is 7.11 Å². The second kappa shape index (κ2) is 4.85. The number of aryl methyl sites for hydroxylation is 1. The maximum atomic E-state index is 5.74. The minimum absolute atomic E-state index is 0.0789. The fourth-order valence-electron chi connectivity index (χ4n) is 1.46. The summed E-state index contributed by atoms with van der Waals surface area (Å²) in [5.74, 6) is 1.23. The number of rotatable bonds is 2. The highest BCUT2D eigenvalue weighted by Gasteiger charge is 2.09. The van der Waals surface area contributed by atoms with Crippen molar-refractivity contribution in [3.05, 3.63) is 34.3 Å². The van der Waals surface area contributed by atoms with Crippen molar-refractivity contribution in [2.24, 2.45) is 0 Å². The number of hydrogen-bond donors (Lipinski definition) is 0. The summed E-state index contributed by atoms with van der Waals surface area (Å²) in [5.41, 5.74) is 1.82. The molecule has 0 N–H and O–H groups in total. The van der Waals surface area contributed by atoms with Crippen LogP contribution in [0.2, 0.25) is 10.6 Å². The highest BCUT2D eigenvalue weighted by atomic mass is 35.5. The molecular formula is C11H9Cl2N3O. The van der Waals surface area contributed by atoms with Crippen molar-refractivity contribution in [1.82, 2.24) is 15.0 Å². The van der Waals surface area contributed by atoms with Gasteiger partial charge < -0.3 is 4.74 Å². The van der Waals surface area contributed by atoms with Gasteiger partial charge in [0, 0.05) is 5.56 Å². The lowest BCUT2D eigenvalue weighted by Crippen LogP contribution is -1.95. The van der Waals surface area contributed by atoms with Crippen molar-refractivity contribution in [1.29, 1.82) is 0 Å². The van der Waals surface area contributed by atoms with Crippen LogP contribution in [-0.2, 0) is 0 Å². The summed E-state index contributed by atoms with van der Waals surface area (Å²) in [5, 5.41) is 0.158. The van der Waals surface area contributed by atoms with E-state index >= 15 is 0 Å². The molecule has 0 amide bonds.